The molecule has 11 heteroatoms. The Morgan fingerprint density at radius 3 is 2.71 bits per heavy atom. The number of nitrogens with zero attached hydrogens (tertiary/aromatic N) is 4. The first-order chi connectivity index (χ1) is 13.5. The van der Waals surface area contributed by atoms with E-state index in [1.165, 1.54) is 4.31 Å². The molecule has 1 amide bonds. The molecule has 0 spiro atoms. The molecule has 1 fully saturated rings. The number of nitrogens with one attached hydrogen (secondary N) is 1. The van der Waals surface area contributed by atoms with Gasteiger partial charge in [-0.15, -0.1) is 0 Å². The molecule has 3 heterocycles. The molecule has 1 aromatic carbocycles. The van der Waals surface area contributed by atoms with Crippen molar-refractivity contribution in [1.29, 1.82) is 0 Å². The van der Waals surface area contributed by atoms with Gasteiger partial charge in [0.2, 0.25) is 15.9 Å². The molecular weight excluding hydrogens is 402 g/mol. The van der Waals surface area contributed by atoms with Crippen LogP contribution < -0.4 is 5.32 Å². The number of hydrogen-bond acceptors (Lipinski definition) is 8. The number of piperazine rings is 1. The lowest BCUT2D eigenvalue weighted by atomic mass is 10.3. The lowest BCUT2D eigenvalue weighted by molar-refractivity contribution is -0.122. The van der Waals surface area contributed by atoms with Crippen LogP contribution in [0.1, 0.15) is 5.76 Å². The van der Waals surface area contributed by atoms with E-state index in [9.17, 15) is 13.2 Å². The highest BCUT2D eigenvalue weighted by Gasteiger charge is 2.31. The second kappa shape index (κ2) is 7.95. The van der Waals surface area contributed by atoms with E-state index in [4.69, 9.17) is 4.42 Å². The Labute approximate surface area is 166 Å². The molecule has 1 aliphatic heterocycles. The maximum Gasteiger partial charge on any atom is 0.245 e. The molecule has 0 aliphatic carbocycles. The first-order valence-electron chi connectivity index (χ1n) is 8.77. The molecule has 28 heavy (non-hydrogen) atoms. The second-order valence-corrected chi connectivity index (χ2v) is 8.86. The first-order valence-corrected chi connectivity index (χ1v) is 10.9. The Morgan fingerprint density at radius 1 is 1.14 bits per heavy atom. The van der Waals surface area contributed by atoms with Crippen molar-refractivity contribution in [3.05, 3.63) is 42.4 Å². The Balaban J connectivity index is 1.34. The van der Waals surface area contributed by atoms with E-state index in [1.54, 1.807) is 36.6 Å². The summed E-state index contributed by atoms with van der Waals surface area (Å²) in [5, 5.41) is 2.80. The van der Waals surface area contributed by atoms with Crippen LogP contribution in [0.3, 0.4) is 0 Å². The average molecular weight is 422 g/mol. The highest BCUT2D eigenvalue weighted by Crippen LogP contribution is 2.25. The van der Waals surface area contributed by atoms with Crippen LogP contribution in [0.25, 0.3) is 11.0 Å². The van der Waals surface area contributed by atoms with Crippen LogP contribution in [0.4, 0.5) is 0 Å². The van der Waals surface area contributed by atoms with Crippen molar-refractivity contribution in [2.75, 3.05) is 32.7 Å². The lowest BCUT2D eigenvalue weighted by Gasteiger charge is -2.33. The third-order valence-electron chi connectivity index (χ3n) is 4.61. The molecular formula is C17H19N5O4S2. The molecule has 4 rings (SSSR count). The van der Waals surface area contributed by atoms with E-state index in [0.29, 0.717) is 49.5 Å². The second-order valence-electron chi connectivity index (χ2n) is 6.42. The standard InChI is InChI=1S/C17H19N5O4S2/c23-16(18-11-13-3-2-10-26-13)12-21-6-8-22(9-7-21)28(24,25)15-5-1-4-14-17(15)20-27-19-14/h1-5,10H,6-9,11-12H2,(H,18,23). The van der Waals surface area contributed by atoms with Gasteiger partial charge in [-0.3, -0.25) is 9.69 Å². The summed E-state index contributed by atoms with van der Waals surface area (Å²) in [7, 11) is -3.65. The van der Waals surface area contributed by atoms with E-state index in [1.807, 2.05) is 4.90 Å². The fraction of sp³-hybridized carbons (Fsp3) is 0.353. The Kier molecular flexibility index (Phi) is 5.40. The summed E-state index contributed by atoms with van der Waals surface area (Å²) >= 11 is 0.998. The third kappa shape index (κ3) is 3.92. The molecule has 0 atom stereocenters. The maximum absolute atomic E-state index is 13.0. The van der Waals surface area contributed by atoms with Gasteiger partial charge in [-0.1, -0.05) is 6.07 Å². The number of carbonyl (C=O) groups excluding carboxylic acids is 1. The normalized spacial score (nSPS) is 16.4. The van der Waals surface area contributed by atoms with Gasteiger partial charge in [0.1, 0.15) is 21.7 Å². The minimum absolute atomic E-state index is 0.119. The van der Waals surface area contributed by atoms with Gasteiger partial charge in [0.15, 0.2) is 0 Å². The van der Waals surface area contributed by atoms with Crippen molar-refractivity contribution in [1.82, 2.24) is 23.3 Å². The van der Waals surface area contributed by atoms with Gasteiger partial charge < -0.3 is 9.73 Å². The molecule has 0 bridgehead atoms. The topological polar surface area (TPSA) is 109 Å². The van der Waals surface area contributed by atoms with Crippen LogP contribution in [0, 0.1) is 0 Å². The summed E-state index contributed by atoms with van der Waals surface area (Å²) in [6.07, 6.45) is 1.56. The molecule has 9 nitrogen and oxygen atoms in total. The van der Waals surface area contributed by atoms with E-state index < -0.39 is 10.0 Å². The molecule has 148 valence electrons. The molecule has 1 aliphatic rings. The molecule has 0 saturated carbocycles. The van der Waals surface area contributed by atoms with Crippen LogP contribution in [0.5, 0.6) is 0 Å². The van der Waals surface area contributed by atoms with Crippen LogP contribution in [-0.2, 0) is 21.4 Å². The van der Waals surface area contributed by atoms with E-state index in [0.717, 1.165) is 11.7 Å². The number of carbonyl (C=O) groups is 1. The van der Waals surface area contributed by atoms with Crippen molar-refractivity contribution >= 4 is 38.7 Å². The molecule has 1 saturated heterocycles. The van der Waals surface area contributed by atoms with Crippen molar-refractivity contribution in [2.45, 2.75) is 11.4 Å². The van der Waals surface area contributed by atoms with Gasteiger partial charge in [-0.25, -0.2) is 8.42 Å². The highest BCUT2D eigenvalue weighted by molar-refractivity contribution is 7.89. The Hall–Kier alpha value is -2.34. The van der Waals surface area contributed by atoms with Crippen molar-refractivity contribution in [3.8, 4) is 0 Å². The largest absolute Gasteiger partial charge is 0.467 e. The van der Waals surface area contributed by atoms with Gasteiger partial charge in [0, 0.05) is 26.2 Å². The monoisotopic (exact) mass is 421 g/mol. The molecule has 0 radical (unpaired) electrons. The van der Waals surface area contributed by atoms with Crippen LogP contribution >= 0.6 is 11.7 Å². The summed E-state index contributed by atoms with van der Waals surface area (Å²) < 4.78 is 40.9. The van der Waals surface area contributed by atoms with Gasteiger partial charge in [-0.2, -0.15) is 13.1 Å². The predicted octanol–water partition coefficient (Wildman–Crippen LogP) is 0.907. The zero-order chi connectivity index (χ0) is 19.6. The number of aromatic nitrogens is 2. The quantitative estimate of drug-likeness (QED) is 0.630. The summed E-state index contributed by atoms with van der Waals surface area (Å²) in [5.41, 5.74) is 0.991. The minimum atomic E-state index is -3.65. The number of amides is 1. The summed E-state index contributed by atoms with van der Waals surface area (Å²) in [4.78, 5) is 14.2. The van der Waals surface area contributed by atoms with Crippen molar-refractivity contribution in [3.63, 3.8) is 0 Å². The van der Waals surface area contributed by atoms with E-state index >= 15 is 0 Å². The molecule has 1 N–H and O–H groups in total. The third-order valence-corrected chi connectivity index (χ3v) is 7.08. The van der Waals surface area contributed by atoms with Gasteiger partial charge in [0.25, 0.3) is 0 Å². The first kappa shape index (κ1) is 19.0. The average Bonchev–Trinajstić information content (AvgIpc) is 3.38. The van der Waals surface area contributed by atoms with Gasteiger partial charge in [-0.05, 0) is 24.3 Å². The predicted molar refractivity (Wildman–Crippen MR) is 103 cm³/mol. The summed E-state index contributed by atoms with van der Waals surface area (Å²) in [6, 6.07) is 8.55. The zero-order valence-electron chi connectivity index (χ0n) is 14.9. The van der Waals surface area contributed by atoms with Crippen molar-refractivity contribution in [2.24, 2.45) is 0 Å². The van der Waals surface area contributed by atoms with Crippen LogP contribution in [0.2, 0.25) is 0 Å². The summed E-state index contributed by atoms with van der Waals surface area (Å²) in [5.74, 6) is 0.570. The van der Waals surface area contributed by atoms with Crippen LogP contribution in [-0.4, -0.2) is 65.0 Å². The minimum Gasteiger partial charge on any atom is -0.467 e. The van der Waals surface area contributed by atoms with Gasteiger partial charge >= 0.3 is 0 Å². The van der Waals surface area contributed by atoms with E-state index in [-0.39, 0.29) is 17.3 Å². The molecule has 2 aromatic heterocycles. The Bertz CT molecular complexity index is 1060. The molecule has 0 unspecified atom stereocenters. The lowest BCUT2D eigenvalue weighted by Crippen LogP contribution is -2.51. The summed E-state index contributed by atoms with van der Waals surface area (Å²) in [6.45, 7) is 2.17. The number of rotatable bonds is 6. The molecule has 3 aromatic rings. The number of furan rings is 1. The maximum atomic E-state index is 13.0. The van der Waals surface area contributed by atoms with Gasteiger partial charge in [0.05, 0.1) is 31.1 Å². The number of fused-ring (bicyclic) bond motifs is 1. The SMILES string of the molecule is O=C(CN1CCN(S(=O)(=O)c2cccc3nsnc23)CC1)NCc1ccco1. The van der Waals surface area contributed by atoms with Crippen molar-refractivity contribution < 1.29 is 17.6 Å². The fourth-order valence-corrected chi connectivity index (χ4v) is 5.29. The van der Waals surface area contributed by atoms with E-state index in [2.05, 4.69) is 14.1 Å². The zero-order valence-corrected chi connectivity index (χ0v) is 16.6. The number of benzene rings is 1. The highest BCUT2D eigenvalue weighted by atomic mass is 32.2. The number of sulfonamides is 1. The number of hydrogen-bond donors (Lipinski definition) is 1. The van der Waals surface area contributed by atoms with Crippen LogP contribution in [0.15, 0.2) is 45.9 Å². The Morgan fingerprint density at radius 2 is 1.96 bits per heavy atom. The smallest absolute Gasteiger partial charge is 0.245 e. The fourth-order valence-electron chi connectivity index (χ4n) is 3.11.